The Kier molecular flexibility index (Phi) is 3.19. The second-order valence-corrected chi connectivity index (χ2v) is 6.43. The third-order valence-corrected chi connectivity index (χ3v) is 4.46. The summed E-state index contributed by atoms with van der Waals surface area (Å²) < 4.78 is 1.90. The minimum Gasteiger partial charge on any atom is -0.348 e. The zero-order valence-corrected chi connectivity index (χ0v) is 13.0. The van der Waals surface area contributed by atoms with Crippen LogP contribution in [0.4, 0.5) is 0 Å². The Hall–Kier alpha value is -2.61. The van der Waals surface area contributed by atoms with Crippen molar-refractivity contribution in [3.63, 3.8) is 0 Å². The number of hydrogen-bond acceptors (Lipinski definition) is 3. The molecule has 0 bridgehead atoms. The number of hydrogen-bond donors (Lipinski definition) is 1. The highest BCUT2D eigenvalue weighted by Crippen LogP contribution is 2.38. The van der Waals surface area contributed by atoms with Crippen LogP contribution < -0.4 is 5.32 Å². The molecule has 2 saturated carbocycles. The van der Waals surface area contributed by atoms with Gasteiger partial charge in [-0.3, -0.25) is 9.48 Å². The van der Waals surface area contributed by atoms with Gasteiger partial charge in [0.2, 0.25) is 0 Å². The zero-order chi connectivity index (χ0) is 16.0. The summed E-state index contributed by atoms with van der Waals surface area (Å²) in [4.78, 5) is 12.6. The summed E-state index contributed by atoms with van der Waals surface area (Å²) >= 11 is 0. The molecule has 1 N–H and O–H groups in total. The molecule has 2 aromatic rings. The van der Waals surface area contributed by atoms with Crippen molar-refractivity contribution in [1.29, 1.82) is 5.26 Å². The van der Waals surface area contributed by atoms with E-state index in [9.17, 15) is 4.79 Å². The fourth-order valence-electron chi connectivity index (χ4n) is 2.83. The third-order valence-electron chi connectivity index (χ3n) is 4.46. The molecule has 1 heterocycles. The van der Waals surface area contributed by atoms with Gasteiger partial charge in [0.1, 0.15) is 5.69 Å². The lowest BCUT2D eigenvalue weighted by Gasteiger charge is -2.07. The van der Waals surface area contributed by atoms with Gasteiger partial charge in [0, 0.05) is 17.2 Å². The molecule has 0 aliphatic heterocycles. The summed E-state index contributed by atoms with van der Waals surface area (Å²) in [6.07, 6.45) is 4.31. The molecule has 0 radical (unpaired) electrons. The second kappa shape index (κ2) is 5.24. The van der Waals surface area contributed by atoms with E-state index >= 15 is 0 Å². The van der Waals surface area contributed by atoms with E-state index in [0.717, 1.165) is 42.5 Å². The van der Waals surface area contributed by atoms with E-state index in [1.165, 1.54) is 0 Å². The first kappa shape index (κ1) is 14.0. The lowest BCUT2D eigenvalue weighted by molar-refractivity contribution is 0.0939. The first-order valence-corrected chi connectivity index (χ1v) is 8.08. The SMILES string of the molecule is Cc1c(-c2ccc(C#N)cc2)nn(C2CC2)c1C(=O)NC1CC1. The Bertz CT molecular complexity index is 805. The summed E-state index contributed by atoms with van der Waals surface area (Å²) in [5.74, 6) is -0.00991. The maximum atomic E-state index is 12.6. The molecule has 2 aliphatic rings. The summed E-state index contributed by atoms with van der Waals surface area (Å²) in [7, 11) is 0. The van der Waals surface area contributed by atoms with Crippen molar-refractivity contribution in [3.8, 4) is 17.3 Å². The fourth-order valence-corrected chi connectivity index (χ4v) is 2.83. The standard InChI is InChI=1S/C18H18N4O/c1-11-16(13-4-2-12(10-19)3-5-13)21-22(15-8-9-15)17(11)18(23)20-14-6-7-14/h2-5,14-15H,6-9H2,1H3,(H,20,23). The van der Waals surface area contributed by atoms with E-state index in [1.54, 1.807) is 12.1 Å². The third kappa shape index (κ3) is 2.61. The smallest absolute Gasteiger partial charge is 0.270 e. The van der Waals surface area contributed by atoms with E-state index in [4.69, 9.17) is 10.4 Å². The van der Waals surface area contributed by atoms with Gasteiger partial charge in [-0.25, -0.2) is 0 Å². The van der Waals surface area contributed by atoms with Crippen LogP contribution in [-0.4, -0.2) is 21.7 Å². The van der Waals surface area contributed by atoms with Crippen molar-refractivity contribution in [2.75, 3.05) is 0 Å². The number of rotatable bonds is 4. The monoisotopic (exact) mass is 306 g/mol. The first-order chi connectivity index (χ1) is 11.2. The molecule has 5 nitrogen and oxygen atoms in total. The van der Waals surface area contributed by atoms with Gasteiger partial charge in [-0.2, -0.15) is 10.4 Å². The Morgan fingerprint density at radius 3 is 2.52 bits per heavy atom. The van der Waals surface area contributed by atoms with Crippen molar-refractivity contribution in [3.05, 3.63) is 41.1 Å². The van der Waals surface area contributed by atoms with Gasteiger partial charge in [0.05, 0.1) is 23.4 Å². The van der Waals surface area contributed by atoms with E-state index in [2.05, 4.69) is 11.4 Å². The maximum Gasteiger partial charge on any atom is 0.270 e. The number of amides is 1. The largest absolute Gasteiger partial charge is 0.348 e. The molecule has 0 atom stereocenters. The normalized spacial score (nSPS) is 16.9. The van der Waals surface area contributed by atoms with Gasteiger partial charge in [-0.1, -0.05) is 12.1 Å². The van der Waals surface area contributed by atoms with Crippen LogP contribution in [0.3, 0.4) is 0 Å². The van der Waals surface area contributed by atoms with Crippen molar-refractivity contribution in [1.82, 2.24) is 15.1 Å². The summed E-state index contributed by atoms with van der Waals surface area (Å²) in [5.41, 5.74) is 4.02. The molecule has 0 unspecified atom stereocenters. The second-order valence-electron chi connectivity index (χ2n) is 6.43. The minimum absolute atomic E-state index is 0.00991. The zero-order valence-electron chi connectivity index (χ0n) is 13.0. The van der Waals surface area contributed by atoms with Gasteiger partial charge in [0.15, 0.2) is 0 Å². The van der Waals surface area contributed by atoms with Crippen molar-refractivity contribution < 1.29 is 4.79 Å². The lowest BCUT2D eigenvalue weighted by Crippen LogP contribution is -2.28. The Morgan fingerprint density at radius 2 is 1.96 bits per heavy atom. The first-order valence-electron chi connectivity index (χ1n) is 8.08. The summed E-state index contributed by atoms with van der Waals surface area (Å²) in [6.45, 7) is 1.96. The Balaban J connectivity index is 1.74. The molecular formula is C18H18N4O. The molecule has 23 heavy (non-hydrogen) atoms. The number of nitrogens with one attached hydrogen (secondary N) is 1. The molecule has 1 amide bonds. The van der Waals surface area contributed by atoms with E-state index in [0.29, 0.717) is 23.3 Å². The van der Waals surface area contributed by atoms with Gasteiger partial charge in [-0.15, -0.1) is 0 Å². The van der Waals surface area contributed by atoms with Gasteiger partial charge < -0.3 is 5.32 Å². The van der Waals surface area contributed by atoms with Gasteiger partial charge in [-0.05, 0) is 44.7 Å². The molecule has 1 aromatic carbocycles. The van der Waals surface area contributed by atoms with Crippen LogP contribution in [0.2, 0.25) is 0 Å². The molecule has 0 saturated heterocycles. The van der Waals surface area contributed by atoms with Gasteiger partial charge in [0.25, 0.3) is 5.91 Å². The molecule has 116 valence electrons. The molecule has 4 rings (SSSR count). The average molecular weight is 306 g/mol. The molecule has 2 aliphatic carbocycles. The number of aromatic nitrogens is 2. The minimum atomic E-state index is -0.00991. The van der Waals surface area contributed by atoms with Crippen LogP contribution in [0, 0.1) is 18.3 Å². The number of nitrogens with zero attached hydrogens (tertiary/aromatic N) is 3. The van der Waals surface area contributed by atoms with Crippen LogP contribution in [0.1, 0.15) is 53.3 Å². The van der Waals surface area contributed by atoms with E-state index < -0.39 is 0 Å². The topological polar surface area (TPSA) is 70.7 Å². The molecular weight excluding hydrogens is 288 g/mol. The van der Waals surface area contributed by atoms with Crippen LogP contribution in [0.15, 0.2) is 24.3 Å². The van der Waals surface area contributed by atoms with Crippen molar-refractivity contribution in [2.45, 2.75) is 44.7 Å². The highest BCUT2D eigenvalue weighted by Gasteiger charge is 2.33. The van der Waals surface area contributed by atoms with Crippen LogP contribution >= 0.6 is 0 Å². The molecule has 1 aromatic heterocycles. The molecule has 5 heteroatoms. The van der Waals surface area contributed by atoms with Crippen LogP contribution in [-0.2, 0) is 0 Å². The molecule has 0 spiro atoms. The predicted molar refractivity (Wildman–Crippen MR) is 85.9 cm³/mol. The highest BCUT2D eigenvalue weighted by atomic mass is 16.2. The van der Waals surface area contributed by atoms with Gasteiger partial charge >= 0.3 is 0 Å². The quantitative estimate of drug-likeness (QED) is 0.944. The summed E-state index contributed by atoms with van der Waals surface area (Å²) in [5, 5.41) is 16.7. The lowest BCUT2D eigenvalue weighted by atomic mass is 10.1. The predicted octanol–water partition coefficient (Wildman–Crippen LogP) is 2.96. The number of benzene rings is 1. The summed E-state index contributed by atoms with van der Waals surface area (Å²) in [6, 6.07) is 10.2. The van der Waals surface area contributed by atoms with E-state index in [1.807, 2.05) is 23.7 Å². The van der Waals surface area contributed by atoms with E-state index in [-0.39, 0.29) is 5.91 Å². The maximum absolute atomic E-state index is 12.6. The number of carbonyl (C=O) groups excluding carboxylic acids is 1. The fraction of sp³-hybridized carbons (Fsp3) is 0.389. The van der Waals surface area contributed by atoms with Crippen molar-refractivity contribution in [2.24, 2.45) is 0 Å². The average Bonchev–Trinajstić information content (AvgIpc) is 3.47. The Morgan fingerprint density at radius 1 is 1.26 bits per heavy atom. The van der Waals surface area contributed by atoms with Crippen molar-refractivity contribution >= 4 is 5.91 Å². The highest BCUT2D eigenvalue weighted by molar-refractivity contribution is 5.96. The number of carbonyl (C=O) groups is 1. The number of nitriles is 1. The molecule has 2 fully saturated rings. The van der Waals surface area contributed by atoms with Crippen LogP contribution in [0.5, 0.6) is 0 Å². The van der Waals surface area contributed by atoms with Crippen LogP contribution in [0.25, 0.3) is 11.3 Å². The Labute approximate surface area is 134 Å².